The van der Waals surface area contributed by atoms with Gasteiger partial charge in [-0.1, -0.05) is 16.9 Å². The molecule has 0 saturated carbocycles. The van der Waals surface area contributed by atoms with Gasteiger partial charge in [0.25, 0.3) is 5.56 Å². The molecule has 2 aromatic heterocycles. The molecule has 0 amide bonds. The number of rotatable bonds is 8. The number of aromatic amines is 1. The summed E-state index contributed by atoms with van der Waals surface area (Å²) in [5.41, 5.74) is 2.58. The van der Waals surface area contributed by atoms with Crippen molar-refractivity contribution >= 4 is 31.2 Å². The van der Waals surface area contributed by atoms with E-state index >= 15 is 4.39 Å². The minimum absolute atomic E-state index is 0.0172. The molecule has 1 aliphatic heterocycles. The Kier molecular flexibility index (Phi) is 7.41. The summed E-state index contributed by atoms with van der Waals surface area (Å²) >= 11 is 0. The third kappa shape index (κ3) is 5.25. The van der Waals surface area contributed by atoms with E-state index in [-0.39, 0.29) is 35.2 Å². The number of esters is 1. The van der Waals surface area contributed by atoms with Crippen molar-refractivity contribution in [2.24, 2.45) is 4.74 Å². The van der Waals surface area contributed by atoms with E-state index in [1.807, 2.05) is 0 Å². The number of hydrogen-bond donors (Lipinski definition) is 3. The number of aliphatic hydroxyl groups is 1. The average molecular weight is 538 g/mol. The monoisotopic (exact) mass is 538 g/mol. The molecule has 3 heterocycles. The second kappa shape index (κ2) is 10.4. The smallest absolute Gasteiger partial charge is 0.395 e. The lowest BCUT2D eigenvalue weighted by atomic mass is 9.98. The Morgan fingerprint density at radius 1 is 1.46 bits per heavy atom. The van der Waals surface area contributed by atoms with Crippen molar-refractivity contribution in [2.75, 3.05) is 19.5 Å². The Balaban J connectivity index is 1.51. The largest absolute Gasteiger partial charge is 0.575 e. The Morgan fingerprint density at radius 2 is 2.16 bits per heavy atom. The van der Waals surface area contributed by atoms with E-state index in [4.69, 9.17) is 19.7 Å². The minimum Gasteiger partial charge on any atom is -0.575 e. The molecular formula is C21H24FN6O8P. The number of fused-ring (bicyclic) bond motifs is 1. The Hall–Kier alpha value is -3.65. The molecule has 0 aliphatic carbocycles. The van der Waals surface area contributed by atoms with Gasteiger partial charge in [0.05, 0.1) is 13.4 Å². The fourth-order valence-corrected chi connectivity index (χ4v) is 4.49. The zero-order chi connectivity index (χ0) is 26.9. The molecule has 1 fully saturated rings. The van der Waals surface area contributed by atoms with E-state index in [2.05, 4.69) is 24.4 Å². The van der Waals surface area contributed by atoms with Crippen LogP contribution < -0.4 is 25.4 Å². The van der Waals surface area contributed by atoms with Crippen molar-refractivity contribution in [3.05, 3.63) is 40.9 Å². The van der Waals surface area contributed by atoms with Crippen molar-refractivity contribution < 1.29 is 37.9 Å². The van der Waals surface area contributed by atoms with Crippen LogP contribution in [0.15, 0.2) is 40.1 Å². The molecule has 3 aromatic rings. The summed E-state index contributed by atoms with van der Waals surface area (Å²) in [4.78, 5) is 46.1. The number of nitrogens with two attached hydrogens (primary N) is 1. The van der Waals surface area contributed by atoms with Crippen molar-refractivity contribution in [2.45, 2.75) is 44.0 Å². The summed E-state index contributed by atoms with van der Waals surface area (Å²) in [5, 5.41) is 10.7. The highest BCUT2D eigenvalue weighted by Crippen LogP contribution is 2.43. The number of carbonyl (C=O) groups is 1. The second-order valence-electron chi connectivity index (χ2n) is 8.30. The van der Waals surface area contributed by atoms with Crippen LogP contribution in [0, 0.1) is 0 Å². The number of benzene rings is 1. The van der Waals surface area contributed by atoms with E-state index in [0.717, 1.165) is 6.92 Å². The molecule has 0 spiro atoms. The number of ether oxygens (including phenoxy) is 3. The number of H-pyrrole nitrogens is 1. The lowest BCUT2D eigenvalue weighted by molar-refractivity contribution is -0.169. The predicted octanol–water partition coefficient (Wildman–Crippen LogP) is 0.563. The summed E-state index contributed by atoms with van der Waals surface area (Å²) in [6, 6.07) is 5.15. The van der Waals surface area contributed by atoms with Gasteiger partial charge in [-0.15, -0.1) is 0 Å². The first-order valence-electron chi connectivity index (χ1n) is 10.9. The van der Waals surface area contributed by atoms with Crippen LogP contribution in [-0.2, 0) is 14.3 Å². The molecule has 2 unspecified atom stereocenters. The number of anilines is 1. The number of nitrogens with one attached hydrogen (secondary N) is 1. The lowest BCUT2D eigenvalue weighted by Gasteiger charge is -2.24. The number of hydrogen-bond acceptors (Lipinski definition) is 12. The summed E-state index contributed by atoms with van der Waals surface area (Å²) in [6.45, 7) is 2.21. The number of para-hydroxylation sites is 2. The van der Waals surface area contributed by atoms with Gasteiger partial charge < -0.3 is 29.9 Å². The zero-order valence-corrected chi connectivity index (χ0v) is 20.8. The number of methoxy groups -OCH3 is 1. The second-order valence-corrected chi connectivity index (χ2v) is 9.19. The molecule has 37 heavy (non-hydrogen) atoms. The number of carbonyl (C=O) groups excluding carboxylic acids is 1. The van der Waals surface area contributed by atoms with Crippen molar-refractivity contribution in [3.63, 3.8) is 0 Å². The normalized spacial score (nSPS) is 24.7. The Morgan fingerprint density at radius 3 is 2.86 bits per heavy atom. The topological polar surface area (TPSA) is 199 Å². The van der Waals surface area contributed by atoms with E-state index < -0.39 is 49.8 Å². The number of alkyl halides is 1. The summed E-state index contributed by atoms with van der Waals surface area (Å²) in [5.74, 6) is -0.724. The molecule has 198 valence electrons. The molecule has 4 N–H and O–H groups in total. The fourth-order valence-electron chi connectivity index (χ4n) is 3.75. The average Bonchev–Trinajstić information content (AvgIpc) is 3.36. The van der Waals surface area contributed by atoms with Crippen LogP contribution >= 0.6 is 8.17 Å². The molecule has 6 atom stereocenters. The number of aromatic nitrogens is 4. The molecule has 14 nitrogen and oxygen atoms in total. The highest BCUT2D eigenvalue weighted by molar-refractivity contribution is 7.34. The van der Waals surface area contributed by atoms with Gasteiger partial charge in [0, 0.05) is 0 Å². The molecule has 1 saturated heterocycles. The molecule has 16 heteroatoms. The number of imidazole rings is 1. The third-order valence-electron chi connectivity index (χ3n) is 5.66. The maximum absolute atomic E-state index is 15.7. The van der Waals surface area contributed by atoms with Crippen molar-refractivity contribution in [3.8, 4) is 11.5 Å². The minimum atomic E-state index is -2.65. The standard InChI is InChI=1S/C21H24FN6O8P/c1-10(18(31)33-3)27-37(32)36-12-7-5-4-6-11(12)34-8-13-15(29)21(2,22)19(35-13)28-9-24-14-16(28)25-20(23)26-17(14)30/h4-7,9-10,13,15,19,29H,8H2,1-3H3,(H3,23,25,26,30)/t10-,13+,15+,19?,21+/m0/s1. The van der Waals surface area contributed by atoms with Gasteiger partial charge in [-0.05, 0) is 26.0 Å². The summed E-state index contributed by atoms with van der Waals surface area (Å²) in [6.07, 6.45) is -3.05. The van der Waals surface area contributed by atoms with E-state index in [1.165, 1.54) is 37.1 Å². The first kappa shape index (κ1) is 26.4. The van der Waals surface area contributed by atoms with Crippen LogP contribution in [0.25, 0.3) is 11.2 Å². The first-order valence-corrected chi connectivity index (χ1v) is 12.1. The van der Waals surface area contributed by atoms with Gasteiger partial charge in [0.2, 0.25) is 11.7 Å². The maximum Gasteiger partial charge on any atom is 0.395 e. The van der Waals surface area contributed by atoms with Crippen LogP contribution in [0.5, 0.6) is 11.5 Å². The van der Waals surface area contributed by atoms with Gasteiger partial charge in [-0.2, -0.15) is 4.98 Å². The van der Waals surface area contributed by atoms with Gasteiger partial charge in [-0.25, -0.2) is 14.2 Å². The van der Waals surface area contributed by atoms with Gasteiger partial charge in [0.1, 0.15) is 18.8 Å². The molecule has 1 aromatic carbocycles. The molecule has 1 aliphatic rings. The SMILES string of the molecule is COC(=O)[C@H](C)N=[P+]([O-])Oc1ccccc1OC[C@H]1OC(n2cnc3c(=O)[nH]c(N)nc32)[C@](C)(F)[C@@H]1O. The molecule has 0 radical (unpaired) electrons. The summed E-state index contributed by atoms with van der Waals surface area (Å²) in [7, 11) is -1.47. The molecular weight excluding hydrogens is 514 g/mol. The van der Waals surface area contributed by atoms with Crippen molar-refractivity contribution in [1.29, 1.82) is 0 Å². The Labute approximate surface area is 209 Å². The predicted molar refractivity (Wildman–Crippen MR) is 125 cm³/mol. The van der Waals surface area contributed by atoms with Crippen LogP contribution in [0.3, 0.4) is 0 Å². The van der Waals surface area contributed by atoms with Crippen LogP contribution in [0.4, 0.5) is 10.3 Å². The highest BCUT2D eigenvalue weighted by atomic mass is 31.1. The maximum atomic E-state index is 15.7. The van der Waals surface area contributed by atoms with Crippen LogP contribution in [0.1, 0.15) is 20.1 Å². The number of nitrogens with zero attached hydrogens (tertiary/aromatic N) is 4. The van der Waals surface area contributed by atoms with Crippen LogP contribution in [0.2, 0.25) is 0 Å². The molecule has 4 rings (SSSR count). The van der Waals surface area contributed by atoms with Gasteiger partial charge in [0.15, 0.2) is 34.9 Å². The third-order valence-corrected chi connectivity index (χ3v) is 6.55. The molecule has 0 bridgehead atoms. The number of aliphatic hydroxyl groups excluding tert-OH is 1. The fraction of sp³-hybridized carbons (Fsp3) is 0.429. The lowest BCUT2D eigenvalue weighted by Crippen LogP contribution is -2.41. The Bertz CT molecular complexity index is 1390. The van der Waals surface area contributed by atoms with Crippen LogP contribution in [-0.4, -0.2) is 68.2 Å². The van der Waals surface area contributed by atoms with Gasteiger partial charge >= 0.3 is 14.1 Å². The first-order chi connectivity index (χ1) is 17.5. The number of nitrogen functional groups attached to an aromatic ring is 1. The van der Waals surface area contributed by atoms with Gasteiger partial charge in [-0.3, -0.25) is 18.9 Å². The number of halogens is 1. The highest BCUT2D eigenvalue weighted by Gasteiger charge is 2.55. The van der Waals surface area contributed by atoms with E-state index in [9.17, 15) is 19.6 Å². The zero-order valence-electron chi connectivity index (χ0n) is 19.9. The van der Waals surface area contributed by atoms with E-state index in [0.29, 0.717) is 0 Å². The summed E-state index contributed by atoms with van der Waals surface area (Å²) < 4.78 is 41.9. The van der Waals surface area contributed by atoms with Crippen molar-refractivity contribution in [1.82, 2.24) is 19.5 Å². The quantitative estimate of drug-likeness (QED) is 0.267. The van der Waals surface area contributed by atoms with E-state index in [1.54, 1.807) is 12.1 Å².